The standard InChI is InChI=1S/C25H28N6OS/c1-17(2)29-11-13-30(14-12-29)20-5-3-19(4-6-20)28-21-7-8-22(31-10-9-27-25(21)31)18-15-23(24(26)32)33-16-18/h3-10,15-17,28H,11-14H2,1-2H3,(H2,26,32). The Morgan fingerprint density at radius 3 is 2.52 bits per heavy atom. The molecule has 0 saturated carbocycles. The maximum atomic E-state index is 11.5. The highest BCUT2D eigenvalue weighted by Gasteiger charge is 2.19. The summed E-state index contributed by atoms with van der Waals surface area (Å²) in [5.41, 5.74) is 11.4. The van der Waals surface area contributed by atoms with Crippen LogP contribution in [0.1, 0.15) is 23.5 Å². The summed E-state index contributed by atoms with van der Waals surface area (Å²) < 4.78 is 2.03. The highest BCUT2D eigenvalue weighted by molar-refractivity contribution is 7.12. The van der Waals surface area contributed by atoms with Gasteiger partial charge in [-0.15, -0.1) is 11.3 Å². The Bertz CT molecular complexity index is 1270. The van der Waals surface area contributed by atoms with Gasteiger partial charge in [0, 0.05) is 66.9 Å². The number of primary amides is 1. The number of pyridine rings is 1. The normalized spacial score (nSPS) is 14.8. The van der Waals surface area contributed by atoms with Crippen molar-refractivity contribution in [2.24, 2.45) is 5.73 Å². The molecule has 1 aliphatic rings. The van der Waals surface area contributed by atoms with Gasteiger partial charge in [0.05, 0.1) is 16.3 Å². The molecule has 33 heavy (non-hydrogen) atoms. The number of amides is 1. The van der Waals surface area contributed by atoms with Crippen LogP contribution in [-0.2, 0) is 0 Å². The lowest BCUT2D eigenvalue weighted by Gasteiger charge is -2.38. The number of hydrogen-bond donors (Lipinski definition) is 2. The molecule has 4 heterocycles. The van der Waals surface area contributed by atoms with Crippen molar-refractivity contribution in [1.82, 2.24) is 14.3 Å². The molecule has 4 aromatic rings. The predicted octanol–water partition coefficient (Wildman–Crippen LogP) is 4.44. The number of nitrogens with zero attached hydrogens (tertiary/aromatic N) is 4. The Hall–Kier alpha value is -3.36. The van der Waals surface area contributed by atoms with Crippen molar-refractivity contribution in [2.45, 2.75) is 19.9 Å². The van der Waals surface area contributed by atoms with Crippen molar-refractivity contribution in [2.75, 3.05) is 36.4 Å². The number of thiophene rings is 1. The number of piperazine rings is 1. The Kier molecular flexibility index (Phi) is 5.78. The smallest absolute Gasteiger partial charge is 0.258 e. The predicted molar refractivity (Wildman–Crippen MR) is 136 cm³/mol. The fraction of sp³-hybridized carbons (Fsp3) is 0.280. The van der Waals surface area contributed by atoms with E-state index in [4.69, 9.17) is 5.73 Å². The van der Waals surface area contributed by atoms with Crippen molar-refractivity contribution in [1.29, 1.82) is 0 Å². The number of nitrogens with two attached hydrogens (primary N) is 1. The first-order valence-electron chi connectivity index (χ1n) is 11.2. The Morgan fingerprint density at radius 1 is 1.09 bits per heavy atom. The van der Waals surface area contributed by atoms with Crippen molar-refractivity contribution in [3.8, 4) is 11.3 Å². The first-order chi connectivity index (χ1) is 16.0. The van der Waals surface area contributed by atoms with E-state index in [-0.39, 0.29) is 0 Å². The van der Waals surface area contributed by atoms with Crippen molar-refractivity contribution in [3.05, 3.63) is 65.1 Å². The Morgan fingerprint density at radius 2 is 1.85 bits per heavy atom. The maximum absolute atomic E-state index is 11.5. The van der Waals surface area contributed by atoms with Gasteiger partial charge in [0.15, 0.2) is 5.65 Å². The highest BCUT2D eigenvalue weighted by Crippen LogP contribution is 2.30. The zero-order valence-corrected chi connectivity index (χ0v) is 19.7. The molecule has 5 rings (SSSR count). The van der Waals surface area contributed by atoms with Gasteiger partial charge in [-0.05, 0) is 56.3 Å². The fourth-order valence-corrected chi connectivity index (χ4v) is 5.11. The maximum Gasteiger partial charge on any atom is 0.258 e. The molecule has 1 aromatic carbocycles. The minimum absolute atomic E-state index is 0.406. The van der Waals surface area contributed by atoms with E-state index < -0.39 is 5.91 Å². The number of benzene rings is 1. The lowest BCUT2D eigenvalue weighted by Crippen LogP contribution is -2.48. The quantitative estimate of drug-likeness (QED) is 0.445. The summed E-state index contributed by atoms with van der Waals surface area (Å²) in [7, 11) is 0. The lowest BCUT2D eigenvalue weighted by atomic mass is 10.2. The van der Waals surface area contributed by atoms with Gasteiger partial charge in [0.1, 0.15) is 0 Å². The number of imidazole rings is 1. The number of aromatic nitrogens is 2. The van der Waals surface area contributed by atoms with E-state index in [1.165, 1.54) is 17.0 Å². The van der Waals surface area contributed by atoms with Crippen LogP contribution >= 0.6 is 11.3 Å². The molecular weight excluding hydrogens is 432 g/mol. The van der Waals surface area contributed by atoms with Crippen LogP contribution in [0.25, 0.3) is 16.9 Å². The molecule has 3 N–H and O–H groups in total. The van der Waals surface area contributed by atoms with Gasteiger partial charge in [-0.25, -0.2) is 4.98 Å². The molecule has 170 valence electrons. The molecule has 8 heteroatoms. The summed E-state index contributed by atoms with van der Waals surface area (Å²) in [6.07, 6.45) is 3.71. The summed E-state index contributed by atoms with van der Waals surface area (Å²) in [5.74, 6) is -0.406. The molecule has 0 bridgehead atoms. The van der Waals surface area contributed by atoms with Gasteiger partial charge in [-0.2, -0.15) is 0 Å². The summed E-state index contributed by atoms with van der Waals surface area (Å²) in [4.78, 5) is 21.6. The first kappa shape index (κ1) is 21.5. The lowest BCUT2D eigenvalue weighted by molar-refractivity contribution is 0.100. The second-order valence-electron chi connectivity index (χ2n) is 8.61. The second kappa shape index (κ2) is 8.88. The number of fused-ring (bicyclic) bond motifs is 1. The van der Waals surface area contributed by atoms with Crippen LogP contribution in [0.2, 0.25) is 0 Å². The SMILES string of the molecule is CC(C)N1CCN(c2ccc(Nc3ccc(-c4csc(C(N)=O)c4)n4ccnc34)cc2)CC1. The molecule has 1 fully saturated rings. The van der Waals surface area contributed by atoms with Gasteiger partial charge in [0.25, 0.3) is 5.91 Å². The zero-order valence-electron chi connectivity index (χ0n) is 18.9. The van der Waals surface area contributed by atoms with Crippen molar-refractivity contribution in [3.63, 3.8) is 0 Å². The van der Waals surface area contributed by atoms with Crippen LogP contribution in [0.3, 0.4) is 0 Å². The largest absolute Gasteiger partial charge is 0.369 e. The third-order valence-electron chi connectivity index (χ3n) is 6.24. The summed E-state index contributed by atoms with van der Waals surface area (Å²) in [6.45, 7) is 8.85. The monoisotopic (exact) mass is 460 g/mol. The van der Waals surface area contributed by atoms with Crippen LogP contribution in [0.15, 0.2) is 60.2 Å². The molecule has 0 atom stereocenters. The van der Waals surface area contributed by atoms with Crippen LogP contribution in [0, 0.1) is 0 Å². The third-order valence-corrected chi connectivity index (χ3v) is 7.19. The molecule has 7 nitrogen and oxygen atoms in total. The number of anilines is 3. The van der Waals surface area contributed by atoms with Crippen molar-refractivity contribution < 1.29 is 4.79 Å². The van der Waals surface area contributed by atoms with E-state index in [9.17, 15) is 4.79 Å². The van der Waals surface area contributed by atoms with Gasteiger partial charge in [-0.1, -0.05) is 0 Å². The summed E-state index contributed by atoms with van der Waals surface area (Å²) in [6, 6.07) is 15.1. The van der Waals surface area contributed by atoms with Gasteiger partial charge in [0.2, 0.25) is 0 Å². The van der Waals surface area contributed by atoms with E-state index in [1.807, 2.05) is 34.2 Å². The van der Waals surface area contributed by atoms with Crippen molar-refractivity contribution >= 4 is 40.0 Å². The average molecular weight is 461 g/mol. The van der Waals surface area contributed by atoms with E-state index in [0.717, 1.165) is 54.5 Å². The molecule has 0 aliphatic carbocycles. The van der Waals surface area contributed by atoms with Crippen LogP contribution in [-0.4, -0.2) is 52.4 Å². The highest BCUT2D eigenvalue weighted by atomic mass is 32.1. The molecule has 0 unspecified atom stereocenters. The molecule has 3 aromatic heterocycles. The van der Waals surface area contributed by atoms with E-state index >= 15 is 0 Å². The van der Waals surface area contributed by atoms with Crippen LogP contribution < -0.4 is 16.0 Å². The molecule has 1 amide bonds. The summed E-state index contributed by atoms with van der Waals surface area (Å²) in [5, 5.41) is 5.45. The number of hydrogen-bond acceptors (Lipinski definition) is 6. The second-order valence-corrected chi connectivity index (χ2v) is 9.52. The van der Waals surface area contributed by atoms with Crippen LogP contribution in [0.4, 0.5) is 17.1 Å². The number of carbonyl (C=O) groups is 1. The molecule has 0 radical (unpaired) electrons. The third kappa shape index (κ3) is 4.31. The van der Waals surface area contributed by atoms with Crippen LogP contribution in [0.5, 0.6) is 0 Å². The number of nitrogens with one attached hydrogen (secondary N) is 1. The molecule has 0 spiro atoms. The number of carbonyl (C=O) groups excluding carboxylic acids is 1. The topological polar surface area (TPSA) is 78.9 Å². The van der Waals surface area contributed by atoms with E-state index in [1.54, 1.807) is 6.20 Å². The van der Waals surface area contributed by atoms with E-state index in [0.29, 0.717) is 10.9 Å². The van der Waals surface area contributed by atoms with Gasteiger partial charge >= 0.3 is 0 Å². The molecular formula is C25H28N6OS. The van der Waals surface area contributed by atoms with Gasteiger partial charge in [-0.3, -0.25) is 14.1 Å². The van der Waals surface area contributed by atoms with Gasteiger partial charge < -0.3 is 16.0 Å². The Balaban J connectivity index is 1.33. The summed E-state index contributed by atoms with van der Waals surface area (Å²) >= 11 is 1.35. The molecule has 1 aliphatic heterocycles. The minimum atomic E-state index is -0.406. The molecule has 1 saturated heterocycles. The fourth-order valence-electron chi connectivity index (χ4n) is 4.35. The minimum Gasteiger partial charge on any atom is -0.369 e. The zero-order chi connectivity index (χ0) is 22.9. The van der Waals surface area contributed by atoms with E-state index in [2.05, 4.69) is 58.2 Å². The first-order valence-corrected chi connectivity index (χ1v) is 12.1. The number of rotatable bonds is 6. The Labute approximate surface area is 197 Å². The average Bonchev–Trinajstić information content (AvgIpc) is 3.51.